The first-order valence-electron chi connectivity index (χ1n) is 10.1. The van der Waals surface area contributed by atoms with Crippen molar-refractivity contribution < 1.29 is 0 Å². The van der Waals surface area contributed by atoms with Gasteiger partial charge in [-0.3, -0.25) is 0 Å². The summed E-state index contributed by atoms with van der Waals surface area (Å²) in [7, 11) is 0. The first kappa shape index (κ1) is 19.9. The molecule has 0 unspecified atom stereocenters. The van der Waals surface area contributed by atoms with Gasteiger partial charge in [0.25, 0.3) is 0 Å². The van der Waals surface area contributed by atoms with Crippen molar-refractivity contribution in [1.82, 2.24) is 0 Å². The van der Waals surface area contributed by atoms with Gasteiger partial charge in [-0.15, -0.1) is 0 Å². The molecule has 1 aliphatic heterocycles. The lowest BCUT2D eigenvalue weighted by Crippen LogP contribution is -2.17. The first-order valence-corrected chi connectivity index (χ1v) is 11.7. The van der Waals surface area contributed by atoms with Crippen molar-refractivity contribution in [1.29, 1.82) is 0 Å². The number of benzene rings is 4. The fourth-order valence-corrected chi connectivity index (χ4v) is 5.46. The Hall–Kier alpha value is -3.01. The van der Waals surface area contributed by atoms with Crippen LogP contribution in [0.5, 0.6) is 0 Å². The van der Waals surface area contributed by atoms with Crippen LogP contribution in [0.3, 0.4) is 0 Å². The molecular weight excluding hydrogens is 462 g/mol. The lowest BCUT2D eigenvalue weighted by molar-refractivity contribution is 1.16. The van der Waals surface area contributed by atoms with Crippen molar-refractivity contribution >= 4 is 55.4 Å². The molecule has 0 fully saturated rings. The monoisotopic (exact) mass is 481 g/mol. The average Bonchev–Trinajstić information content (AvgIpc) is 2.83. The zero-order valence-corrected chi connectivity index (χ0v) is 19.2. The second-order valence-corrected chi connectivity index (χ2v) is 9.12. The van der Waals surface area contributed by atoms with E-state index in [2.05, 4.69) is 112 Å². The summed E-state index contributed by atoms with van der Waals surface area (Å²) in [4.78, 5) is 4.80. The Kier molecular flexibility index (Phi) is 5.54. The molecule has 1 nitrogen and oxygen atoms in total. The Morgan fingerprint density at radius 2 is 1.52 bits per heavy atom. The Labute approximate surface area is 195 Å². The van der Waals surface area contributed by atoms with Gasteiger partial charge in [0.05, 0.1) is 16.0 Å². The van der Waals surface area contributed by atoms with Crippen molar-refractivity contribution in [2.24, 2.45) is 0 Å². The van der Waals surface area contributed by atoms with E-state index in [1.54, 1.807) is 0 Å². The fraction of sp³-hybridized carbons (Fsp3) is 0. The van der Waals surface area contributed by atoms with E-state index >= 15 is 0 Å². The van der Waals surface area contributed by atoms with Crippen molar-refractivity contribution in [3.63, 3.8) is 0 Å². The molecule has 3 heteroatoms. The Morgan fingerprint density at radius 3 is 2.35 bits per heavy atom. The van der Waals surface area contributed by atoms with Gasteiger partial charge in [0.2, 0.25) is 0 Å². The minimum absolute atomic E-state index is 0.980. The maximum Gasteiger partial charge on any atom is 0.0897 e. The van der Waals surface area contributed by atoms with Crippen LogP contribution < -0.4 is 4.90 Å². The number of nitrogens with zero attached hydrogens (tertiary/aromatic N) is 1. The van der Waals surface area contributed by atoms with E-state index in [1.165, 1.54) is 31.9 Å². The molecule has 0 bridgehead atoms. The highest BCUT2D eigenvalue weighted by Gasteiger charge is 2.26. The highest BCUT2D eigenvalue weighted by atomic mass is 79.9. The molecule has 0 saturated heterocycles. The Morgan fingerprint density at radius 1 is 0.774 bits per heavy atom. The van der Waals surface area contributed by atoms with Crippen LogP contribution in [0.1, 0.15) is 5.56 Å². The Balaban J connectivity index is 1.68. The van der Waals surface area contributed by atoms with Crippen LogP contribution in [0.4, 0.5) is 11.4 Å². The third-order valence-electron chi connectivity index (χ3n) is 5.35. The standard InChI is InChI=1S/C28H20BrNS/c1-2-20(21-10-4-3-5-11-21)17-19-27(29)30-24-14-8-9-15-25(24)31-26-18-16-22-12-6-7-13-23(22)28(26)30/h2-19H,1H2/b20-17+,27-19+. The molecule has 0 spiro atoms. The fourth-order valence-electron chi connectivity index (χ4n) is 3.88. The third-order valence-corrected chi connectivity index (χ3v) is 7.09. The van der Waals surface area contributed by atoms with Gasteiger partial charge in [-0.25, -0.2) is 0 Å². The summed E-state index contributed by atoms with van der Waals surface area (Å²) >= 11 is 5.72. The summed E-state index contributed by atoms with van der Waals surface area (Å²) in [6.07, 6.45) is 6.12. The summed E-state index contributed by atoms with van der Waals surface area (Å²) in [5.74, 6) is 0. The van der Waals surface area contributed by atoms with E-state index < -0.39 is 0 Å². The van der Waals surface area contributed by atoms with Crippen LogP contribution >= 0.6 is 27.7 Å². The molecule has 0 saturated carbocycles. The van der Waals surface area contributed by atoms with E-state index in [0.717, 1.165) is 15.7 Å². The van der Waals surface area contributed by atoms with Gasteiger partial charge in [0, 0.05) is 15.2 Å². The normalized spacial score (nSPS) is 13.6. The zero-order chi connectivity index (χ0) is 21.2. The van der Waals surface area contributed by atoms with Gasteiger partial charge in [-0.2, -0.15) is 0 Å². The SMILES string of the molecule is C=C/C(=C\C=C(/Br)N1c2ccccc2Sc2ccc3ccccc3c21)c1ccccc1. The van der Waals surface area contributed by atoms with Gasteiger partial charge >= 0.3 is 0 Å². The largest absolute Gasteiger partial charge is 0.301 e. The van der Waals surface area contributed by atoms with Gasteiger partial charge < -0.3 is 4.90 Å². The highest BCUT2D eigenvalue weighted by molar-refractivity contribution is 9.11. The molecule has 4 aromatic rings. The Bertz CT molecular complexity index is 1340. The third kappa shape index (κ3) is 3.76. The maximum atomic E-state index is 4.01. The number of halogens is 1. The molecule has 1 heterocycles. The highest BCUT2D eigenvalue weighted by Crippen LogP contribution is 2.52. The molecule has 0 aromatic heterocycles. The van der Waals surface area contributed by atoms with Gasteiger partial charge in [-0.05, 0) is 56.7 Å². The molecule has 5 rings (SSSR count). The van der Waals surface area contributed by atoms with E-state index in [4.69, 9.17) is 0 Å². The van der Waals surface area contributed by atoms with Crippen LogP contribution in [-0.4, -0.2) is 0 Å². The van der Waals surface area contributed by atoms with E-state index in [-0.39, 0.29) is 0 Å². The lowest BCUT2D eigenvalue weighted by Gasteiger charge is -2.33. The number of anilines is 2. The van der Waals surface area contributed by atoms with Crippen molar-refractivity contribution in [3.8, 4) is 0 Å². The van der Waals surface area contributed by atoms with Gasteiger partial charge in [0.15, 0.2) is 0 Å². The number of fused-ring (bicyclic) bond motifs is 4. The lowest BCUT2D eigenvalue weighted by atomic mass is 10.1. The van der Waals surface area contributed by atoms with Crippen molar-refractivity contribution in [2.45, 2.75) is 9.79 Å². The molecule has 0 amide bonds. The predicted molar refractivity (Wildman–Crippen MR) is 138 cm³/mol. The average molecular weight is 482 g/mol. The number of rotatable bonds is 4. The molecule has 31 heavy (non-hydrogen) atoms. The first-order chi connectivity index (χ1) is 15.3. The summed E-state index contributed by atoms with van der Waals surface area (Å²) < 4.78 is 0.980. The van der Waals surface area contributed by atoms with Crippen LogP contribution in [0.2, 0.25) is 0 Å². The summed E-state index contributed by atoms with van der Waals surface area (Å²) in [5.41, 5.74) is 4.61. The van der Waals surface area contributed by atoms with Crippen molar-refractivity contribution in [3.05, 3.63) is 126 Å². The topological polar surface area (TPSA) is 3.24 Å². The quantitative estimate of drug-likeness (QED) is 0.211. The summed E-state index contributed by atoms with van der Waals surface area (Å²) in [5, 5.41) is 2.47. The van der Waals surface area contributed by atoms with Gasteiger partial charge in [-0.1, -0.05) is 103 Å². The minimum atomic E-state index is 0.980. The molecule has 1 aliphatic rings. The van der Waals surface area contributed by atoms with Crippen LogP contribution in [0.15, 0.2) is 130 Å². The van der Waals surface area contributed by atoms with Crippen LogP contribution in [0.25, 0.3) is 16.3 Å². The summed E-state index contributed by atoms with van der Waals surface area (Å²) in [6.45, 7) is 4.01. The van der Waals surface area contributed by atoms with Crippen LogP contribution in [0, 0.1) is 0 Å². The molecule has 150 valence electrons. The summed E-state index contributed by atoms with van der Waals surface area (Å²) in [6, 6.07) is 31.9. The minimum Gasteiger partial charge on any atom is -0.301 e. The zero-order valence-electron chi connectivity index (χ0n) is 16.8. The number of hydrogen-bond donors (Lipinski definition) is 0. The number of allylic oxidation sites excluding steroid dienone is 4. The molecule has 0 N–H and O–H groups in total. The van der Waals surface area contributed by atoms with E-state index in [0.29, 0.717) is 0 Å². The number of hydrogen-bond acceptors (Lipinski definition) is 2. The van der Waals surface area contributed by atoms with E-state index in [9.17, 15) is 0 Å². The predicted octanol–water partition coefficient (Wildman–Crippen LogP) is 8.95. The smallest absolute Gasteiger partial charge is 0.0897 e. The van der Waals surface area contributed by atoms with Gasteiger partial charge in [0.1, 0.15) is 0 Å². The molecule has 0 aliphatic carbocycles. The van der Waals surface area contributed by atoms with Crippen molar-refractivity contribution in [2.75, 3.05) is 4.90 Å². The second kappa shape index (κ2) is 8.62. The molecule has 4 aromatic carbocycles. The van der Waals surface area contributed by atoms with Crippen LogP contribution in [-0.2, 0) is 0 Å². The molecular formula is C28H20BrNS. The molecule has 0 atom stereocenters. The maximum absolute atomic E-state index is 4.01. The van der Waals surface area contributed by atoms with E-state index in [1.807, 2.05) is 36.0 Å². The molecule has 0 radical (unpaired) electrons. The second-order valence-electron chi connectivity index (χ2n) is 7.22. The number of para-hydroxylation sites is 1.